The SMILES string of the molecule is O=C[C@H]1C[C@@H]1c1ccc(O[C@@H]2CCc3c(-c4cccc5cnccc45)ccc(F)c32)cc1. The monoisotopic (exact) mass is 423 g/mol. The topological polar surface area (TPSA) is 39.2 Å². The minimum absolute atomic E-state index is 0.154. The fraction of sp³-hybridized carbons (Fsp3) is 0.214. The second-order valence-electron chi connectivity index (χ2n) is 8.75. The molecule has 1 aromatic heterocycles. The van der Waals surface area contributed by atoms with E-state index < -0.39 is 0 Å². The molecule has 6 rings (SSSR count). The lowest BCUT2D eigenvalue weighted by molar-refractivity contribution is -0.108. The number of rotatable bonds is 5. The smallest absolute Gasteiger partial charge is 0.130 e. The third kappa shape index (κ3) is 3.18. The molecule has 0 amide bonds. The van der Waals surface area contributed by atoms with Gasteiger partial charge in [0.1, 0.15) is 24.0 Å². The molecule has 1 fully saturated rings. The number of benzene rings is 3. The van der Waals surface area contributed by atoms with Crippen LogP contribution >= 0.6 is 0 Å². The normalized spacial score (nSPS) is 21.3. The van der Waals surface area contributed by atoms with Gasteiger partial charge in [0.2, 0.25) is 0 Å². The largest absolute Gasteiger partial charge is 0.486 e. The lowest BCUT2D eigenvalue weighted by Crippen LogP contribution is -2.06. The van der Waals surface area contributed by atoms with Gasteiger partial charge in [0.05, 0.1) is 0 Å². The van der Waals surface area contributed by atoms with Crippen LogP contribution < -0.4 is 4.74 Å². The quantitative estimate of drug-likeness (QED) is 0.348. The van der Waals surface area contributed by atoms with Crippen LogP contribution in [0.1, 0.15) is 41.6 Å². The maximum Gasteiger partial charge on any atom is 0.130 e. The van der Waals surface area contributed by atoms with E-state index in [2.05, 4.69) is 11.1 Å². The fourth-order valence-electron chi connectivity index (χ4n) is 5.11. The molecule has 0 bridgehead atoms. The van der Waals surface area contributed by atoms with Gasteiger partial charge in [-0.25, -0.2) is 4.39 Å². The number of aromatic nitrogens is 1. The maximum atomic E-state index is 15.0. The molecule has 0 spiro atoms. The summed E-state index contributed by atoms with van der Waals surface area (Å²) in [5, 5.41) is 2.19. The average molecular weight is 423 g/mol. The van der Waals surface area contributed by atoms with Crippen molar-refractivity contribution >= 4 is 17.1 Å². The van der Waals surface area contributed by atoms with Crippen LogP contribution in [0.4, 0.5) is 4.39 Å². The van der Waals surface area contributed by atoms with Crippen molar-refractivity contribution in [2.75, 3.05) is 0 Å². The highest BCUT2D eigenvalue weighted by molar-refractivity contribution is 5.97. The van der Waals surface area contributed by atoms with Crippen molar-refractivity contribution in [2.24, 2.45) is 5.92 Å². The zero-order chi connectivity index (χ0) is 21.7. The summed E-state index contributed by atoms with van der Waals surface area (Å²) in [6.07, 6.45) is 6.83. The highest BCUT2D eigenvalue weighted by Crippen LogP contribution is 2.47. The Hall–Kier alpha value is -3.53. The van der Waals surface area contributed by atoms with Gasteiger partial charge >= 0.3 is 0 Å². The predicted molar refractivity (Wildman–Crippen MR) is 122 cm³/mol. The summed E-state index contributed by atoms with van der Waals surface area (Å²) in [6.45, 7) is 0. The molecule has 158 valence electrons. The Morgan fingerprint density at radius 1 is 1.00 bits per heavy atom. The molecule has 32 heavy (non-hydrogen) atoms. The number of hydrogen-bond donors (Lipinski definition) is 0. The van der Waals surface area contributed by atoms with E-state index in [9.17, 15) is 9.18 Å². The van der Waals surface area contributed by atoms with Crippen LogP contribution in [0.3, 0.4) is 0 Å². The van der Waals surface area contributed by atoms with Gasteiger partial charge in [-0.15, -0.1) is 0 Å². The Bertz CT molecular complexity index is 1330. The molecule has 2 aliphatic rings. The van der Waals surface area contributed by atoms with Crippen molar-refractivity contribution in [3.05, 3.63) is 95.6 Å². The van der Waals surface area contributed by atoms with Gasteiger partial charge in [-0.1, -0.05) is 36.4 Å². The maximum absolute atomic E-state index is 15.0. The second kappa shape index (κ2) is 7.56. The molecule has 3 aromatic carbocycles. The molecule has 3 nitrogen and oxygen atoms in total. The van der Waals surface area contributed by atoms with E-state index in [0.29, 0.717) is 11.5 Å². The van der Waals surface area contributed by atoms with E-state index in [1.54, 1.807) is 12.3 Å². The molecule has 0 saturated heterocycles. The number of carbonyl (C=O) groups is 1. The summed E-state index contributed by atoms with van der Waals surface area (Å²) in [7, 11) is 0. The zero-order valence-corrected chi connectivity index (χ0v) is 17.5. The Morgan fingerprint density at radius 3 is 2.69 bits per heavy atom. The summed E-state index contributed by atoms with van der Waals surface area (Å²) in [6, 6.07) is 19.5. The first kappa shape index (κ1) is 19.2. The first-order chi connectivity index (χ1) is 15.7. The molecule has 0 radical (unpaired) electrons. The van der Waals surface area contributed by atoms with Crippen LogP contribution in [-0.4, -0.2) is 11.3 Å². The van der Waals surface area contributed by atoms with Crippen LogP contribution in [0.5, 0.6) is 5.75 Å². The minimum atomic E-state index is -0.309. The fourth-order valence-corrected chi connectivity index (χ4v) is 5.11. The van der Waals surface area contributed by atoms with Gasteiger partial charge in [-0.3, -0.25) is 4.98 Å². The summed E-state index contributed by atoms with van der Waals surface area (Å²) >= 11 is 0. The van der Waals surface area contributed by atoms with E-state index in [-0.39, 0.29) is 17.8 Å². The Kier molecular flexibility index (Phi) is 4.53. The number of ether oxygens (including phenoxy) is 1. The van der Waals surface area contributed by atoms with Gasteiger partial charge < -0.3 is 9.53 Å². The van der Waals surface area contributed by atoms with Crippen molar-refractivity contribution < 1.29 is 13.9 Å². The standard InChI is InChI=1S/C28H22FNO2/c29-26-10-8-23(22-3-1-2-18-15-30-13-12-21(18)22)24-9-11-27(28(24)26)32-20-6-4-17(5-7-20)25-14-19(25)16-31/h1-8,10,12-13,15-16,19,25,27H,9,11,14H2/t19-,25-,27-/m1/s1. The van der Waals surface area contributed by atoms with Gasteiger partial charge in [0.25, 0.3) is 0 Å². The number of fused-ring (bicyclic) bond motifs is 2. The Balaban J connectivity index is 1.33. The van der Waals surface area contributed by atoms with E-state index in [0.717, 1.165) is 58.8 Å². The number of pyridine rings is 1. The van der Waals surface area contributed by atoms with Gasteiger partial charge in [-0.05, 0) is 77.1 Å². The van der Waals surface area contributed by atoms with E-state index in [4.69, 9.17) is 4.74 Å². The van der Waals surface area contributed by atoms with Crippen LogP contribution in [0.25, 0.3) is 21.9 Å². The summed E-state index contributed by atoms with van der Waals surface area (Å²) in [5.74, 6) is 1.01. The highest BCUT2D eigenvalue weighted by atomic mass is 19.1. The van der Waals surface area contributed by atoms with Crippen molar-refractivity contribution in [1.29, 1.82) is 0 Å². The van der Waals surface area contributed by atoms with E-state index in [1.807, 2.05) is 54.7 Å². The lowest BCUT2D eigenvalue weighted by atomic mass is 9.93. The first-order valence-corrected chi connectivity index (χ1v) is 11.1. The molecule has 4 heteroatoms. The molecule has 0 aliphatic heterocycles. The highest BCUT2D eigenvalue weighted by Gasteiger charge is 2.38. The van der Waals surface area contributed by atoms with E-state index in [1.165, 1.54) is 5.56 Å². The lowest BCUT2D eigenvalue weighted by Gasteiger charge is -2.17. The van der Waals surface area contributed by atoms with Crippen LogP contribution in [-0.2, 0) is 11.2 Å². The zero-order valence-electron chi connectivity index (χ0n) is 17.5. The molecule has 1 saturated carbocycles. The molecule has 3 atom stereocenters. The predicted octanol–water partition coefficient (Wildman–Crippen LogP) is 6.41. The van der Waals surface area contributed by atoms with Crippen molar-refractivity contribution in [3.63, 3.8) is 0 Å². The minimum Gasteiger partial charge on any atom is -0.486 e. The first-order valence-electron chi connectivity index (χ1n) is 11.1. The molecule has 0 N–H and O–H groups in total. The number of hydrogen-bond acceptors (Lipinski definition) is 3. The molecule has 1 heterocycles. The van der Waals surface area contributed by atoms with Gasteiger partial charge in [0.15, 0.2) is 0 Å². The molecule has 2 aliphatic carbocycles. The molecular formula is C28H22FNO2. The van der Waals surface area contributed by atoms with Gasteiger partial charge in [-0.2, -0.15) is 0 Å². The van der Waals surface area contributed by atoms with Crippen LogP contribution in [0.15, 0.2) is 73.1 Å². The molecular weight excluding hydrogens is 401 g/mol. The third-order valence-electron chi connectivity index (χ3n) is 6.85. The summed E-state index contributed by atoms with van der Waals surface area (Å²) in [5.41, 5.74) is 5.03. The van der Waals surface area contributed by atoms with Crippen LogP contribution in [0.2, 0.25) is 0 Å². The third-order valence-corrected chi connectivity index (χ3v) is 6.85. The van der Waals surface area contributed by atoms with E-state index >= 15 is 0 Å². The average Bonchev–Trinajstić information content (AvgIpc) is 3.51. The van der Waals surface area contributed by atoms with Crippen LogP contribution in [0, 0.1) is 11.7 Å². The van der Waals surface area contributed by atoms with Gasteiger partial charge in [0, 0.05) is 29.3 Å². The second-order valence-corrected chi connectivity index (χ2v) is 8.75. The van der Waals surface area contributed by atoms with Crippen molar-refractivity contribution in [2.45, 2.75) is 31.3 Å². The summed E-state index contributed by atoms with van der Waals surface area (Å²) < 4.78 is 21.2. The number of nitrogens with zero attached hydrogens (tertiary/aromatic N) is 1. The molecule has 4 aromatic rings. The number of carbonyl (C=O) groups excluding carboxylic acids is 1. The number of halogens is 1. The molecule has 0 unspecified atom stereocenters. The Morgan fingerprint density at radius 2 is 1.88 bits per heavy atom. The Labute approximate surface area is 185 Å². The number of aldehydes is 1. The summed E-state index contributed by atoms with van der Waals surface area (Å²) in [4.78, 5) is 15.2. The van der Waals surface area contributed by atoms with Crippen molar-refractivity contribution in [1.82, 2.24) is 4.98 Å². The van der Waals surface area contributed by atoms with Crippen molar-refractivity contribution in [3.8, 4) is 16.9 Å².